The Morgan fingerprint density at radius 2 is 1.52 bits per heavy atom. The number of benzene rings is 2. The monoisotopic (exact) mass is 398 g/mol. The molecule has 0 bridgehead atoms. The van der Waals surface area contributed by atoms with Gasteiger partial charge in [-0.25, -0.2) is 0 Å². The molecule has 1 N–H and O–H groups in total. The van der Waals surface area contributed by atoms with Crippen LogP contribution in [0.3, 0.4) is 0 Å². The number of rotatable bonds is 9. The van der Waals surface area contributed by atoms with Gasteiger partial charge in [0.15, 0.2) is 11.5 Å². The number of hydrogen-bond acceptors (Lipinski definition) is 5. The molecule has 1 aliphatic heterocycles. The van der Waals surface area contributed by atoms with Crippen molar-refractivity contribution in [2.45, 2.75) is 33.6 Å². The fraction of sp³-hybridized carbons (Fsp3) is 0.435. The molecule has 2 aromatic carbocycles. The zero-order chi connectivity index (χ0) is 20.6. The molecular weight excluding hydrogens is 368 g/mol. The maximum Gasteiger partial charge on any atom is 0.255 e. The van der Waals surface area contributed by atoms with E-state index in [9.17, 15) is 4.79 Å². The molecule has 0 aromatic heterocycles. The van der Waals surface area contributed by atoms with Crippen molar-refractivity contribution < 1.29 is 19.0 Å². The van der Waals surface area contributed by atoms with Crippen LogP contribution in [0.5, 0.6) is 17.2 Å². The van der Waals surface area contributed by atoms with Gasteiger partial charge in [0, 0.05) is 18.7 Å². The average Bonchev–Trinajstić information content (AvgIpc) is 3.25. The van der Waals surface area contributed by atoms with E-state index in [0.29, 0.717) is 42.6 Å². The van der Waals surface area contributed by atoms with Gasteiger partial charge in [0.2, 0.25) is 5.75 Å². The highest BCUT2D eigenvalue weighted by Crippen LogP contribution is 2.39. The third-order valence-electron chi connectivity index (χ3n) is 4.77. The van der Waals surface area contributed by atoms with Crippen molar-refractivity contribution in [1.29, 1.82) is 0 Å². The highest BCUT2D eigenvalue weighted by atomic mass is 16.5. The van der Waals surface area contributed by atoms with Crippen LogP contribution >= 0.6 is 0 Å². The van der Waals surface area contributed by atoms with E-state index in [0.717, 1.165) is 24.5 Å². The molecule has 1 fully saturated rings. The summed E-state index contributed by atoms with van der Waals surface area (Å²) in [6.45, 7) is 9.14. The van der Waals surface area contributed by atoms with Crippen molar-refractivity contribution in [3.8, 4) is 17.2 Å². The molecule has 0 saturated carbocycles. The van der Waals surface area contributed by atoms with Crippen LogP contribution in [-0.4, -0.2) is 38.8 Å². The molecule has 29 heavy (non-hydrogen) atoms. The Morgan fingerprint density at radius 1 is 0.931 bits per heavy atom. The average molecular weight is 399 g/mol. The maximum absolute atomic E-state index is 13.1. The van der Waals surface area contributed by atoms with E-state index in [1.807, 2.05) is 39.0 Å². The Kier molecular flexibility index (Phi) is 7.22. The number of amides is 1. The lowest BCUT2D eigenvalue weighted by Gasteiger charge is -2.22. The molecule has 6 nitrogen and oxygen atoms in total. The lowest BCUT2D eigenvalue weighted by Crippen LogP contribution is -2.21. The van der Waals surface area contributed by atoms with E-state index in [1.165, 1.54) is 12.8 Å². The summed E-state index contributed by atoms with van der Waals surface area (Å²) < 4.78 is 17.2. The fourth-order valence-corrected chi connectivity index (χ4v) is 3.53. The molecular formula is C23H30N2O4. The molecule has 1 saturated heterocycles. The number of nitrogens with one attached hydrogen (secondary N) is 1. The zero-order valence-corrected chi connectivity index (χ0v) is 17.5. The summed E-state index contributed by atoms with van der Waals surface area (Å²) in [6.07, 6.45) is 2.35. The summed E-state index contributed by atoms with van der Waals surface area (Å²) in [5, 5.41) is 3.06. The molecule has 2 aromatic rings. The Labute approximate surface area is 172 Å². The van der Waals surface area contributed by atoms with Crippen molar-refractivity contribution in [2.75, 3.05) is 43.1 Å². The molecule has 0 unspecified atom stereocenters. The van der Waals surface area contributed by atoms with Gasteiger partial charge in [-0.15, -0.1) is 0 Å². The number of hydrogen-bond donors (Lipinski definition) is 1. The molecule has 0 atom stereocenters. The maximum atomic E-state index is 13.1. The molecule has 0 aliphatic carbocycles. The lowest BCUT2D eigenvalue weighted by atomic mass is 10.1. The number of para-hydroxylation sites is 2. The molecule has 6 heteroatoms. The fourth-order valence-electron chi connectivity index (χ4n) is 3.53. The van der Waals surface area contributed by atoms with Gasteiger partial charge in [0.05, 0.1) is 31.2 Å². The molecule has 0 spiro atoms. The molecule has 1 aliphatic rings. The van der Waals surface area contributed by atoms with Gasteiger partial charge < -0.3 is 24.4 Å². The van der Waals surface area contributed by atoms with Gasteiger partial charge in [0.1, 0.15) is 0 Å². The summed E-state index contributed by atoms with van der Waals surface area (Å²) in [7, 11) is 0. The number of anilines is 2. The topological polar surface area (TPSA) is 60.0 Å². The van der Waals surface area contributed by atoms with Crippen LogP contribution in [0.15, 0.2) is 36.4 Å². The third kappa shape index (κ3) is 4.94. The highest BCUT2D eigenvalue weighted by molar-refractivity contribution is 6.06. The van der Waals surface area contributed by atoms with E-state index >= 15 is 0 Å². The normalized spacial score (nSPS) is 13.3. The Bertz CT molecular complexity index is 804. The second-order valence-electron chi connectivity index (χ2n) is 6.77. The highest BCUT2D eigenvalue weighted by Gasteiger charge is 2.20. The second kappa shape index (κ2) is 10.0. The van der Waals surface area contributed by atoms with Gasteiger partial charge in [-0.2, -0.15) is 0 Å². The first-order valence-electron chi connectivity index (χ1n) is 10.4. The molecule has 1 amide bonds. The minimum Gasteiger partial charge on any atom is -0.490 e. The van der Waals surface area contributed by atoms with E-state index in [1.54, 1.807) is 12.1 Å². The van der Waals surface area contributed by atoms with Gasteiger partial charge in [-0.1, -0.05) is 12.1 Å². The summed E-state index contributed by atoms with van der Waals surface area (Å²) in [5.74, 6) is 1.35. The lowest BCUT2D eigenvalue weighted by molar-refractivity contribution is 0.102. The standard InChI is InChI=1S/C23H30N2O4/c1-4-27-20-15-17(16-21(28-5-2)22(20)29-6-3)23(26)24-18-11-7-8-12-19(18)25-13-9-10-14-25/h7-8,11-12,15-16H,4-6,9-10,13-14H2,1-3H3,(H,24,26). The summed E-state index contributed by atoms with van der Waals surface area (Å²) in [6, 6.07) is 11.4. The zero-order valence-electron chi connectivity index (χ0n) is 17.5. The quantitative estimate of drug-likeness (QED) is 0.661. The van der Waals surface area contributed by atoms with Crippen LogP contribution in [-0.2, 0) is 0 Å². The van der Waals surface area contributed by atoms with Crippen LogP contribution in [0, 0.1) is 0 Å². The van der Waals surface area contributed by atoms with Gasteiger partial charge >= 0.3 is 0 Å². The molecule has 156 valence electrons. The number of carbonyl (C=O) groups excluding carboxylic acids is 1. The minimum absolute atomic E-state index is 0.207. The Balaban J connectivity index is 1.91. The van der Waals surface area contributed by atoms with Crippen molar-refractivity contribution in [1.82, 2.24) is 0 Å². The SMILES string of the molecule is CCOc1cc(C(=O)Nc2ccccc2N2CCCC2)cc(OCC)c1OCC. The van der Waals surface area contributed by atoms with Crippen LogP contribution in [0.25, 0.3) is 0 Å². The number of carbonyl (C=O) groups is 1. The van der Waals surface area contributed by atoms with E-state index < -0.39 is 0 Å². The van der Waals surface area contributed by atoms with Crippen LogP contribution in [0.4, 0.5) is 11.4 Å². The smallest absolute Gasteiger partial charge is 0.255 e. The van der Waals surface area contributed by atoms with Crippen LogP contribution in [0.1, 0.15) is 44.0 Å². The molecule has 1 heterocycles. The van der Waals surface area contributed by atoms with E-state index in [-0.39, 0.29) is 5.91 Å². The Morgan fingerprint density at radius 3 is 2.10 bits per heavy atom. The summed E-state index contributed by atoms with van der Waals surface area (Å²) >= 11 is 0. The second-order valence-corrected chi connectivity index (χ2v) is 6.77. The first-order valence-corrected chi connectivity index (χ1v) is 10.4. The molecule has 0 radical (unpaired) electrons. The van der Waals surface area contributed by atoms with Crippen molar-refractivity contribution >= 4 is 17.3 Å². The minimum atomic E-state index is -0.207. The number of ether oxygens (including phenoxy) is 3. The third-order valence-corrected chi connectivity index (χ3v) is 4.77. The van der Waals surface area contributed by atoms with Gasteiger partial charge in [-0.05, 0) is 57.9 Å². The van der Waals surface area contributed by atoms with Crippen molar-refractivity contribution in [3.63, 3.8) is 0 Å². The van der Waals surface area contributed by atoms with Crippen LogP contribution < -0.4 is 24.4 Å². The summed E-state index contributed by atoms with van der Waals surface area (Å²) in [4.78, 5) is 15.4. The van der Waals surface area contributed by atoms with E-state index in [2.05, 4.69) is 16.3 Å². The predicted molar refractivity (Wildman–Crippen MR) is 116 cm³/mol. The summed E-state index contributed by atoms with van der Waals surface area (Å²) in [5.41, 5.74) is 2.33. The van der Waals surface area contributed by atoms with Crippen LogP contribution in [0.2, 0.25) is 0 Å². The van der Waals surface area contributed by atoms with Crippen molar-refractivity contribution in [2.24, 2.45) is 0 Å². The Hall–Kier alpha value is -2.89. The van der Waals surface area contributed by atoms with Gasteiger partial charge in [-0.3, -0.25) is 4.79 Å². The van der Waals surface area contributed by atoms with E-state index in [4.69, 9.17) is 14.2 Å². The predicted octanol–water partition coefficient (Wildman–Crippen LogP) is 4.74. The molecule has 3 rings (SSSR count). The largest absolute Gasteiger partial charge is 0.490 e. The first kappa shape index (κ1) is 20.8. The first-order chi connectivity index (χ1) is 14.2. The van der Waals surface area contributed by atoms with Gasteiger partial charge in [0.25, 0.3) is 5.91 Å². The number of nitrogens with zero attached hydrogens (tertiary/aromatic N) is 1. The van der Waals surface area contributed by atoms with Crippen molar-refractivity contribution in [3.05, 3.63) is 42.0 Å².